The van der Waals surface area contributed by atoms with E-state index in [4.69, 9.17) is 5.11 Å². The number of nitrogens with zero attached hydrogens (tertiary/aromatic N) is 1. The highest BCUT2D eigenvalue weighted by atomic mass is 16.4. The Hall–Kier alpha value is -2.08. The zero-order valence-electron chi connectivity index (χ0n) is 12.8. The number of aromatic carboxylic acids is 1. The summed E-state index contributed by atoms with van der Waals surface area (Å²) >= 11 is 0. The Morgan fingerprint density at radius 2 is 1.90 bits per heavy atom. The highest BCUT2D eigenvalue weighted by Crippen LogP contribution is 2.20. The minimum absolute atomic E-state index is 0.0670. The van der Waals surface area contributed by atoms with Crippen molar-refractivity contribution in [2.45, 2.75) is 33.7 Å². The van der Waals surface area contributed by atoms with Crippen LogP contribution in [0.3, 0.4) is 0 Å². The number of hydrogen-bond acceptors (Lipinski definition) is 3. The molecule has 1 rings (SSSR count). The monoisotopic (exact) mass is 294 g/mol. The maximum Gasteiger partial charge on any atom is 0.336 e. The lowest BCUT2D eigenvalue weighted by atomic mass is 10.0. The second-order valence-electron chi connectivity index (χ2n) is 5.21. The molecule has 0 fully saturated rings. The van der Waals surface area contributed by atoms with Crippen molar-refractivity contribution in [3.8, 4) is 0 Å². The van der Waals surface area contributed by atoms with Crippen molar-refractivity contribution in [2.24, 2.45) is 0 Å². The number of anilines is 1. The number of benzene rings is 1. The van der Waals surface area contributed by atoms with E-state index in [2.05, 4.69) is 5.32 Å². The Bertz CT molecular complexity index is 541. The number of aryl methyl sites for hydroxylation is 1. The Kier molecular flexibility index (Phi) is 5.72. The second-order valence-corrected chi connectivity index (χ2v) is 5.21. The fourth-order valence-electron chi connectivity index (χ4n) is 2.05. The molecule has 0 aliphatic heterocycles. The van der Waals surface area contributed by atoms with E-state index < -0.39 is 5.97 Å². The van der Waals surface area contributed by atoms with E-state index in [1.807, 2.05) is 13.8 Å². The average Bonchev–Trinajstić information content (AvgIpc) is 2.38. The van der Waals surface area contributed by atoms with Crippen molar-refractivity contribution in [1.82, 2.24) is 4.90 Å². The number of urea groups is 1. The predicted molar refractivity (Wildman–Crippen MR) is 80.8 cm³/mol. The van der Waals surface area contributed by atoms with E-state index >= 15 is 0 Å². The number of hydrogen-bond donors (Lipinski definition) is 3. The molecule has 0 aromatic heterocycles. The van der Waals surface area contributed by atoms with Crippen molar-refractivity contribution >= 4 is 17.7 Å². The maximum absolute atomic E-state index is 12.2. The maximum atomic E-state index is 12.2. The molecule has 21 heavy (non-hydrogen) atoms. The molecule has 1 aromatic carbocycles. The van der Waals surface area contributed by atoms with Crippen LogP contribution in [-0.4, -0.2) is 46.3 Å². The van der Waals surface area contributed by atoms with E-state index in [1.165, 1.54) is 11.0 Å². The van der Waals surface area contributed by atoms with Crippen LogP contribution in [0.25, 0.3) is 0 Å². The molecular formula is C15H22N2O4. The number of aliphatic hydroxyl groups excluding tert-OH is 1. The topological polar surface area (TPSA) is 89.9 Å². The van der Waals surface area contributed by atoms with Gasteiger partial charge in [-0.1, -0.05) is 0 Å². The van der Waals surface area contributed by atoms with Crippen LogP contribution in [0.1, 0.15) is 35.3 Å². The highest BCUT2D eigenvalue weighted by Gasteiger charge is 2.18. The van der Waals surface area contributed by atoms with E-state index in [9.17, 15) is 14.7 Å². The Balaban J connectivity index is 3.02. The minimum Gasteiger partial charge on any atom is -0.478 e. The van der Waals surface area contributed by atoms with Crippen molar-refractivity contribution in [3.63, 3.8) is 0 Å². The summed E-state index contributed by atoms with van der Waals surface area (Å²) < 4.78 is 0. The predicted octanol–water partition coefficient (Wildman–Crippen LogP) is 2.24. The fourth-order valence-corrected chi connectivity index (χ4v) is 2.05. The van der Waals surface area contributed by atoms with Crippen LogP contribution in [0.2, 0.25) is 0 Å². The van der Waals surface area contributed by atoms with E-state index in [0.717, 1.165) is 5.56 Å². The van der Waals surface area contributed by atoms with Gasteiger partial charge in [-0.15, -0.1) is 0 Å². The molecule has 0 bridgehead atoms. The van der Waals surface area contributed by atoms with Crippen LogP contribution < -0.4 is 5.32 Å². The molecule has 0 heterocycles. The summed E-state index contributed by atoms with van der Waals surface area (Å²) in [6, 6.07) is 2.75. The van der Waals surface area contributed by atoms with Gasteiger partial charge < -0.3 is 20.4 Å². The van der Waals surface area contributed by atoms with Crippen molar-refractivity contribution in [2.75, 3.05) is 18.5 Å². The van der Waals surface area contributed by atoms with Crippen molar-refractivity contribution < 1.29 is 19.8 Å². The van der Waals surface area contributed by atoms with Gasteiger partial charge in [-0.05, 0) is 51.0 Å². The molecular weight excluding hydrogens is 272 g/mol. The van der Waals surface area contributed by atoms with Gasteiger partial charge in [-0.3, -0.25) is 0 Å². The van der Waals surface area contributed by atoms with E-state index in [1.54, 1.807) is 19.9 Å². The zero-order chi connectivity index (χ0) is 16.2. The molecule has 0 spiro atoms. The normalized spacial score (nSPS) is 10.6. The first-order valence-electron chi connectivity index (χ1n) is 6.81. The molecule has 6 heteroatoms. The Morgan fingerprint density at radius 3 is 2.38 bits per heavy atom. The smallest absolute Gasteiger partial charge is 0.336 e. The van der Waals surface area contributed by atoms with Gasteiger partial charge in [0.1, 0.15) is 0 Å². The third-order valence-corrected chi connectivity index (χ3v) is 3.37. The van der Waals surface area contributed by atoms with E-state index in [-0.39, 0.29) is 30.8 Å². The summed E-state index contributed by atoms with van der Waals surface area (Å²) in [6.45, 7) is 7.32. The molecule has 0 saturated heterocycles. The number of carbonyl (C=O) groups excluding carboxylic acids is 1. The van der Waals surface area contributed by atoms with Crippen molar-refractivity contribution in [3.05, 3.63) is 28.8 Å². The molecule has 1 aromatic rings. The third kappa shape index (κ3) is 4.19. The standard InChI is InChI=1S/C15H22N2O4/c1-9(2)17(5-6-18)15(21)16-12-7-10(3)11(4)13(8-12)14(19)20/h7-9,18H,5-6H2,1-4H3,(H,16,21)(H,19,20). The van der Waals surface area contributed by atoms with Gasteiger partial charge in [0.25, 0.3) is 0 Å². The summed E-state index contributed by atoms with van der Waals surface area (Å²) in [6.07, 6.45) is 0. The fraction of sp³-hybridized carbons (Fsp3) is 0.467. The highest BCUT2D eigenvalue weighted by molar-refractivity contribution is 5.94. The number of nitrogens with one attached hydrogen (secondary N) is 1. The zero-order valence-corrected chi connectivity index (χ0v) is 12.8. The van der Waals surface area contributed by atoms with Gasteiger partial charge in [0.05, 0.1) is 12.2 Å². The lowest BCUT2D eigenvalue weighted by molar-refractivity contribution is 0.0696. The summed E-state index contributed by atoms with van der Waals surface area (Å²) in [7, 11) is 0. The minimum atomic E-state index is -1.03. The molecule has 3 N–H and O–H groups in total. The summed E-state index contributed by atoms with van der Waals surface area (Å²) in [5.41, 5.74) is 2.08. The van der Waals surface area contributed by atoms with Crippen LogP contribution >= 0.6 is 0 Å². The number of amides is 2. The van der Waals surface area contributed by atoms with Gasteiger partial charge in [-0.2, -0.15) is 0 Å². The number of rotatable bonds is 5. The summed E-state index contributed by atoms with van der Waals surface area (Å²) in [5, 5.41) is 20.9. The van der Waals surface area contributed by atoms with Gasteiger partial charge in [-0.25, -0.2) is 9.59 Å². The Morgan fingerprint density at radius 1 is 1.29 bits per heavy atom. The van der Waals surface area contributed by atoms with Crippen LogP contribution in [0.5, 0.6) is 0 Å². The first kappa shape index (κ1) is 17.0. The SMILES string of the molecule is Cc1cc(NC(=O)N(CCO)C(C)C)cc(C(=O)O)c1C. The molecule has 0 unspecified atom stereocenters. The number of carboxylic acid groups (broad SMARTS) is 1. The molecule has 0 saturated carbocycles. The first-order chi connectivity index (χ1) is 9.77. The quantitative estimate of drug-likeness (QED) is 0.777. The molecule has 0 aliphatic rings. The molecule has 0 atom stereocenters. The third-order valence-electron chi connectivity index (χ3n) is 3.37. The summed E-state index contributed by atoms with van der Waals surface area (Å²) in [5.74, 6) is -1.03. The number of aliphatic hydroxyl groups is 1. The van der Waals surface area contributed by atoms with Gasteiger partial charge in [0.2, 0.25) is 0 Å². The summed E-state index contributed by atoms with van der Waals surface area (Å²) in [4.78, 5) is 24.9. The number of carbonyl (C=O) groups is 2. The van der Waals surface area contributed by atoms with E-state index in [0.29, 0.717) is 11.3 Å². The van der Waals surface area contributed by atoms with Crippen LogP contribution in [-0.2, 0) is 0 Å². The van der Waals surface area contributed by atoms with Gasteiger partial charge >= 0.3 is 12.0 Å². The molecule has 0 aliphatic carbocycles. The van der Waals surface area contributed by atoms with Crippen LogP contribution in [0.15, 0.2) is 12.1 Å². The molecule has 6 nitrogen and oxygen atoms in total. The van der Waals surface area contributed by atoms with Gasteiger partial charge in [0.15, 0.2) is 0 Å². The largest absolute Gasteiger partial charge is 0.478 e. The molecule has 2 amide bonds. The number of carboxylic acids is 1. The second kappa shape index (κ2) is 7.08. The van der Waals surface area contributed by atoms with Gasteiger partial charge in [0, 0.05) is 18.3 Å². The molecule has 0 radical (unpaired) electrons. The average molecular weight is 294 g/mol. The Labute approximate surface area is 124 Å². The first-order valence-corrected chi connectivity index (χ1v) is 6.81. The molecule has 116 valence electrons. The van der Waals surface area contributed by atoms with Crippen molar-refractivity contribution in [1.29, 1.82) is 0 Å². The lowest BCUT2D eigenvalue weighted by Crippen LogP contribution is -2.41. The van der Waals surface area contributed by atoms with Crippen LogP contribution in [0.4, 0.5) is 10.5 Å². The van der Waals surface area contributed by atoms with Crippen LogP contribution in [0, 0.1) is 13.8 Å². The lowest BCUT2D eigenvalue weighted by Gasteiger charge is -2.26.